The summed E-state index contributed by atoms with van der Waals surface area (Å²) in [4.78, 5) is 30.7. The topological polar surface area (TPSA) is 62.3 Å². The fourth-order valence-corrected chi connectivity index (χ4v) is 4.90. The molecule has 1 aliphatic heterocycles. The first-order valence-electron chi connectivity index (χ1n) is 8.25. The maximum atomic E-state index is 12.4. The molecule has 0 aliphatic carbocycles. The number of thioether (sulfide) groups is 1. The lowest BCUT2D eigenvalue weighted by Gasteiger charge is -2.16. The van der Waals surface area contributed by atoms with Gasteiger partial charge in [-0.05, 0) is 30.3 Å². The number of benzene rings is 2. The molecule has 3 aromatic rings. The molecule has 0 radical (unpaired) electrons. The van der Waals surface area contributed by atoms with Gasteiger partial charge in [-0.3, -0.25) is 14.5 Å². The van der Waals surface area contributed by atoms with E-state index in [1.165, 1.54) is 16.7 Å². The zero-order valence-corrected chi connectivity index (χ0v) is 17.5. The predicted molar refractivity (Wildman–Crippen MR) is 117 cm³/mol. The number of anilines is 1. The lowest BCUT2D eigenvalue weighted by molar-refractivity contribution is -0.129. The summed E-state index contributed by atoms with van der Waals surface area (Å²) in [5.41, 5.74) is 1.44. The number of para-hydroxylation sites is 1. The van der Waals surface area contributed by atoms with Crippen LogP contribution in [0, 0.1) is 0 Å². The van der Waals surface area contributed by atoms with E-state index >= 15 is 0 Å². The van der Waals surface area contributed by atoms with E-state index in [0.29, 0.717) is 26.5 Å². The molecule has 9 heteroatoms. The van der Waals surface area contributed by atoms with Crippen LogP contribution < -0.4 is 5.32 Å². The van der Waals surface area contributed by atoms with Crippen molar-refractivity contribution in [2.75, 3.05) is 17.6 Å². The molecule has 1 saturated heterocycles. The van der Waals surface area contributed by atoms with Crippen molar-refractivity contribution >= 4 is 80.1 Å². The lowest BCUT2D eigenvalue weighted by Crippen LogP contribution is -2.33. The second kappa shape index (κ2) is 8.13. The summed E-state index contributed by atoms with van der Waals surface area (Å²) in [5.74, 6) is -0.123. The lowest BCUT2D eigenvalue weighted by atomic mass is 10.3. The number of nitrogens with zero attached hydrogens (tertiary/aromatic N) is 2. The minimum absolute atomic E-state index is 0.0805. The van der Waals surface area contributed by atoms with E-state index in [2.05, 4.69) is 10.3 Å². The van der Waals surface area contributed by atoms with Gasteiger partial charge in [0.2, 0.25) is 11.8 Å². The smallest absolute Gasteiger partial charge is 0.244 e. The maximum Gasteiger partial charge on any atom is 0.244 e. The average Bonchev–Trinajstić information content (AvgIpc) is 3.22. The van der Waals surface area contributed by atoms with Gasteiger partial charge in [-0.1, -0.05) is 47.1 Å². The van der Waals surface area contributed by atoms with Crippen molar-refractivity contribution < 1.29 is 9.59 Å². The third-order valence-electron chi connectivity index (χ3n) is 3.97. The highest BCUT2D eigenvalue weighted by molar-refractivity contribution is 8.04. The molecule has 0 unspecified atom stereocenters. The Labute approximate surface area is 179 Å². The number of carbonyl (C=O) groups is 2. The van der Waals surface area contributed by atoms with Crippen LogP contribution in [0.2, 0.25) is 10.0 Å². The number of nitrogens with one attached hydrogen (secondary N) is 1. The number of fused-ring (bicyclic) bond motifs is 1. The first-order valence-corrected chi connectivity index (χ1v) is 10.8. The molecule has 0 atom stereocenters. The molecule has 1 aliphatic rings. The van der Waals surface area contributed by atoms with Crippen molar-refractivity contribution in [3.63, 3.8) is 0 Å². The van der Waals surface area contributed by atoms with E-state index in [0.717, 1.165) is 15.2 Å². The summed E-state index contributed by atoms with van der Waals surface area (Å²) in [6.45, 7) is -0.0805. The monoisotopic (exact) mass is 449 g/mol. The summed E-state index contributed by atoms with van der Waals surface area (Å²) in [6.07, 6.45) is 1.85. The Morgan fingerprint density at radius 3 is 2.82 bits per heavy atom. The van der Waals surface area contributed by atoms with E-state index in [4.69, 9.17) is 23.2 Å². The molecule has 2 amide bonds. The Hall–Kier alpha value is -2.06. The van der Waals surface area contributed by atoms with Gasteiger partial charge in [-0.2, -0.15) is 0 Å². The molecule has 28 heavy (non-hydrogen) atoms. The first-order chi connectivity index (χ1) is 13.5. The zero-order chi connectivity index (χ0) is 19.7. The van der Waals surface area contributed by atoms with Crippen LogP contribution >= 0.6 is 46.3 Å². The third-order valence-corrected chi connectivity index (χ3v) is 6.72. The van der Waals surface area contributed by atoms with Crippen molar-refractivity contribution in [2.24, 2.45) is 0 Å². The van der Waals surface area contributed by atoms with E-state index in [9.17, 15) is 9.59 Å². The summed E-state index contributed by atoms with van der Waals surface area (Å²) in [5, 5.41) is 5.01. The van der Waals surface area contributed by atoms with Gasteiger partial charge < -0.3 is 5.32 Å². The zero-order valence-electron chi connectivity index (χ0n) is 14.3. The molecule has 0 saturated carbocycles. The van der Waals surface area contributed by atoms with Crippen LogP contribution in [-0.2, 0) is 9.59 Å². The van der Waals surface area contributed by atoms with E-state index < -0.39 is 0 Å². The number of carbonyl (C=O) groups excluding carboxylic acids is 2. The van der Waals surface area contributed by atoms with Gasteiger partial charge in [0.15, 0.2) is 0 Å². The highest BCUT2D eigenvalue weighted by Gasteiger charge is 2.28. The van der Waals surface area contributed by atoms with Gasteiger partial charge in [0.25, 0.3) is 0 Å². The quantitative estimate of drug-likeness (QED) is 0.600. The number of amides is 2. The van der Waals surface area contributed by atoms with Gasteiger partial charge in [0, 0.05) is 11.8 Å². The number of thiazole rings is 1. The molecule has 5 nitrogen and oxygen atoms in total. The fraction of sp³-hybridized carbons (Fsp3) is 0.105. The highest BCUT2D eigenvalue weighted by Crippen LogP contribution is 2.33. The van der Waals surface area contributed by atoms with Crippen LogP contribution in [0.4, 0.5) is 5.69 Å². The SMILES string of the molecule is O=C(CN1C(=O)CS/C1=C\c1nc2ccccc2s1)Nc1ccc(Cl)c(Cl)c1. The number of halogens is 2. The van der Waals surface area contributed by atoms with Gasteiger partial charge in [0.05, 0.1) is 31.0 Å². The number of aromatic nitrogens is 1. The number of hydrogen-bond donors (Lipinski definition) is 1. The molecule has 142 valence electrons. The Kier molecular flexibility index (Phi) is 5.59. The molecule has 1 aromatic heterocycles. The molecule has 4 rings (SSSR count). The van der Waals surface area contributed by atoms with Gasteiger partial charge in [0.1, 0.15) is 11.6 Å². The minimum atomic E-state index is -0.315. The molecule has 1 fully saturated rings. The molecule has 0 spiro atoms. The van der Waals surface area contributed by atoms with Gasteiger partial charge in [-0.25, -0.2) is 4.98 Å². The third kappa shape index (κ3) is 4.17. The maximum absolute atomic E-state index is 12.4. The van der Waals surface area contributed by atoms with Crippen LogP contribution in [0.5, 0.6) is 0 Å². The average molecular weight is 450 g/mol. The predicted octanol–water partition coefficient (Wildman–Crippen LogP) is 5.12. The second-order valence-corrected chi connectivity index (χ2v) is 8.82. The highest BCUT2D eigenvalue weighted by atomic mass is 35.5. The summed E-state index contributed by atoms with van der Waals surface area (Å²) < 4.78 is 1.08. The molecule has 1 N–H and O–H groups in total. The van der Waals surface area contributed by atoms with Crippen molar-refractivity contribution in [2.45, 2.75) is 0 Å². The fourth-order valence-electron chi connectivity index (χ4n) is 2.68. The molecule has 0 bridgehead atoms. The van der Waals surface area contributed by atoms with Gasteiger partial charge in [-0.15, -0.1) is 11.3 Å². The molecule has 2 heterocycles. The van der Waals surface area contributed by atoms with Crippen LogP contribution in [0.1, 0.15) is 5.01 Å². The van der Waals surface area contributed by atoms with Crippen LogP contribution in [0.3, 0.4) is 0 Å². The molecular weight excluding hydrogens is 437 g/mol. The van der Waals surface area contributed by atoms with E-state index in [1.54, 1.807) is 29.5 Å². The Morgan fingerprint density at radius 1 is 1.21 bits per heavy atom. The minimum Gasteiger partial charge on any atom is -0.324 e. The summed E-state index contributed by atoms with van der Waals surface area (Å²) in [6, 6.07) is 12.7. The van der Waals surface area contributed by atoms with E-state index in [-0.39, 0.29) is 18.4 Å². The standard InChI is InChI=1S/C19H13Cl2N3O2S2/c20-12-6-5-11(7-13(12)21)22-16(25)9-24-18(26)10-27-19(24)8-17-23-14-3-1-2-4-15(14)28-17/h1-8H,9-10H2,(H,22,25)/b19-8-. The Bertz CT molecular complexity index is 1080. The summed E-state index contributed by atoms with van der Waals surface area (Å²) >= 11 is 14.8. The number of rotatable bonds is 4. The Balaban J connectivity index is 1.50. The molecule has 2 aromatic carbocycles. The first kappa shape index (κ1) is 19.3. The largest absolute Gasteiger partial charge is 0.324 e. The van der Waals surface area contributed by atoms with E-state index in [1.807, 2.05) is 30.3 Å². The number of hydrogen-bond acceptors (Lipinski definition) is 5. The van der Waals surface area contributed by atoms with Crippen molar-refractivity contribution in [1.82, 2.24) is 9.88 Å². The van der Waals surface area contributed by atoms with Crippen LogP contribution in [0.15, 0.2) is 47.5 Å². The Morgan fingerprint density at radius 2 is 2.04 bits per heavy atom. The normalized spacial score (nSPS) is 15.6. The molecular formula is C19H13Cl2N3O2S2. The van der Waals surface area contributed by atoms with Crippen LogP contribution in [-0.4, -0.2) is 34.0 Å². The second-order valence-electron chi connectivity index (χ2n) is 5.95. The van der Waals surface area contributed by atoms with Crippen molar-refractivity contribution in [3.05, 3.63) is 62.5 Å². The van der Waals surface area contributed by atoms with Crippen molar-refractivity contribution in [3.8, 4) is 0 Å². The van der Waals surface area contributed by atoms with Crippen LogP contribution in [0.25, 0.3) is 16.3 Å². The van der Waals surface area contributed by atoms with Gasteiger partial charge >= 0.3 is 0 Å². The summed E-state index contributed by atoms with van der Waals surface area (Å²) in [7, 11) is 0. The van der Waals surface area contributed by atoms with Crippen molar-refractivity contribution in [1.29, 1.82) is 0 Å².